The number of carboxylic acid groups (broad SMARTS) is 1. The van der Waals surface area contributed by atoms with Crippen LogP contribution in [0.5, 0.6) is 0 Å². The van der Waals surface area contributed by atoms with Crippen molar-refractivity contribution in [2.45, 2.75) is 43.4 Å². The number of nitrogens with one attached hydrogen (secondary N) is 1. The van der Waals surface area contributed by atoms with Crippen molar-refractivity contribution >= 4 is 46.1 Å². The van der Waals surface area contributed by atoms with Gasteiger partial charge in [0.05, 0.1) is 0 Å². The molecule has 1 aliphatic heterocycles. The molecular weight excluding hydrogens is 290 g/mol. The first kappa shape index (κ1) is 16.0. The molecule has 0 spiro atoms. The summed E-state index contributed by atoms with van der Waals surface area (Å²) in [6.07, 6.45) is 4.68. The van der Waals surface area contributed by atoms with Gasteiger partial charge in [0.25, 0.3) is 0 Å². The van der Waals surface area contributed by atoms with Gasteiger partial charge >= 0.3 is 5.97 Å². The highest BCUT2D eigenvalue weighted by molar-refractivity contribution is 8.77. The minimum absolute atomic E-state index is 0.122. The van der Waals surface area contributed by atoms with Gasteiger partial charge in [-0.3, -0.25) is 4.79 Å². The zero-order valence-electron chi connectivity index (χ0n) is 10.1. The SMILES string of the molecule is O=C(CCCCC1CCSS1)N[C@@H](CS)C(=O)O. The molecule has 2 atom stereocenters. The lowest BCUT2D eigenvalue weighted by Gasteiger charge is -2.12. The lowest BCUT2D eigenvalue weighted by molar-refractivity contribution is -0.141. The fourth-order valence-electron chi connectivity index (χ4n) is 1.67. The Kier molecular flexibility index (Phi) is 8.01. The summed E-state index contributed by atoms with van der Waals surface area (Å²) in [5.41, 5.74) is 0. The molecule has 0 radical (unpaired) electrons. The summed E-state index contributed by atoms with van der Waals surface area (Å²) in [4.78, 5) is 22.2. The largest absolute Gasteiger partial charge is 0.480 e. The van der Waals surface area contributed by atoms with Gasteiger partial charge in [0.1, 0.15) is 6.04 Å². The molecule has 4 nitrogen and oxygen atoms in total. The van der Waals surface area contributed by atoms with Gasteiger partial charge in [-0.05, 0) is 19.3 Å². The number of unbranched alkanes of at least 4 members (excludes halogenated alkanes) is 1. The lowest BCUT2D eigenvalue weighted by Crippen LogP contribution is -2.42. The third kappa shape index (κ3) is 6.24. The van der Waals surface area contributed by atoms with Crippen LogP contribution in [0.15, 0.2) is 0 Å². The summed E-state index contributed by atoms with van der Waals surface area (Å²) in [6, 6.07) is -0.873. The molecule has 0 aliphatic carbocycles. The molecule has 1 saturated heterocycles. The predicted molar refractivity (Wildman–Crippen MR) is 80.3 cm³/mol. The third-order valence-corrected chi connectivity index (χ3v) is 6.10. The van der Waals surface area contributed by atoms with Gasteiger partial charge in [-0.1, -0.05) is 28.0 Å². The maximum absolute atomic E-state index is 11.5. The standard InChI is InChI=1S/C11H19NO3S3/c13-10(12-9(7-16)11(14)15)4-2-1-3-8-5-6-17-18-8/h8-9,16H,1-7H2,(H,12,13)(H,14,15)/t8?,9-/m0/s1. The molecule has 0 bridgehead atoms. The number of aliphatic carboxylic acids is 1. The number of hydrogen-bond donors (Lipinski definition) is 3. The van der Waals surface area contributed by atoms with Crippen LogP contribution in [0.3, 0.4) is 0 Å². The van der Waals surface area contributed by atoms with E-state index in [0.717, 1.165) is 24.5 Å². The highest BCUT2D eigenvalue weighted by Crippen LogP contribution is 2.39. The number of thiol groups is 1. The van der Waals surface area contributed by atoms with Crippen LogP contribution in [0.25, 0.3) is 0 Å². The molecule has 0 saturated carbocycles. The zero-order valence-corrected chi connectivity index (χ0v) is 12.7. The van der Waals surface area contributed by atoms with E-state index in [0.29, 0.717) is 6.42 Å². The number of rotatable bonds is 8. The maximum atomic E-state index is 11.5. The fraction of sp³-hybridized carbons (Fsp3) is 0.818. The average Bonchev–Trinajstić information content (AvgIpc) is 2.84. The number of hydrogen-bond acceptors (Lipinski definition) is 5. The number of amides is 1. The van der Waals surface area contributed by atoms with E-state index in [2.05, 4.69) is 17.9 Å². The Morgan fingerprint density at radius 1 is 1.44 bits per heavy atom. The van der Waals surface area contributed by atoms with Crippen molar-refractivity contribution in [1.29, 1.82) is 0 Å². The molecule has 1 amide bonds. The maximum Gasteiger partial charge on any atom is 0.327 e. The van der Waals surface area contributed by atoms with Crippen LogP contribution in [-0.4, -0.2) is 39.8 Å². The average molecular weight is 309 g/mol. The van der Waals surface area contributed by atoms with Gasteiger partial charge in [0.15, 0.2) is 0 Å². The molecular formula is C11H19NO3S3. The Morgan fingerprint density at radius 3 is 2.78 bits per heavy atom. The van der Waals surface area contributed by atoms with E-state index in [1.54, 1.807) is 0 Å². The van der Waals surface area contributed by atoms with E-state index < -0.39 is 12.0 Å². The van der Waals surface area contributed by atoms with Crippen molar-refractivity contribution in [3.63, 3.8) is 0 Å². The number of carbonyl (C=O) groups excluding carboxylic acids is 1. The summed E-state index contributed by atoms with van der Waals surface area (Å²) in [5.74, 6) is 0.136. The van der Waals surface area contributed by atoms with Crippen molar-refractivity contribution < 1.29 is 14.7 Å². The second-order valence-corrected chi connectivity index (χ2v) is 7.37. The Bertz CT molecular complexity index is 283. The van der Waals surface area contributed by atoms with Gasteiger partial charge in [0.2, 0.25) is 5.91 Å². The second kappa shape index (κ2) is 8.98. The quantitative estimate of drug-likeness (QED) is 0.364. The van der Waals surface area contributed by atoms with Gasteiger partial charge in [-0.2, -0.15) is 12.6 Å². The van der Waals surface area contributed by atoms with E-state index in [9.17, 15) is 9.59 Å². The highest BCUT2D eigenvalue weighted by atomic mass is 33.1. The molecule has 2 N–H and O–H groups in total. The minimum Gasteiger partial charge on any atom is -0.480 e. The lowest BCUT2D eigenvalue weighted by atomic mass is 10.1. The predicted octanol–water partition coefficient (Wildman–Crippen LogP) is 2.20. The third-order valence-electron chi connectivity index (χ3n) is 2.72. The molecule has 104 valence electrons. The van der Waals surface area contributed by atoms with Crippen LogP contribution >= 0.6 is 34.2 Å². The van der Waals surface area contributed by atoms with Gasteiger partial charge < -0.3 is 10.4 Å². The first-order chi connectivity index (χ1) is 8.63. The first-order valence-corrected chi connectivity index (χ1v) is 9.06. The van der Waals surface area contributed by atoms with E-state index in [1.807, 2.05) is 21.6 Å². The molecule has 0 aromatic rings. The van der Waals surface area contributed by atoms with Crippen LogP contribution < -0.4 is 5.32 Å². The molecule has 18 heavy (non-hydrogen) atoms. The van der Waals surface area contributed by atoms with Crippen LogP contribution in [0.2, 0.25) is 0 Å². The van der Waals surface area contributed by atoms with Crippen molar-refractivity contribution in [2.24, 2.45) is 0 Å². The monoisotopic (exact) mass is 309 g/mol. The normalized spacial score (nSPS) is 20.6. The Hall–Kier alpha value is -0.0100. The molecule has 1 fully saturated rings. The molecule has 1 aliphatic rings. The van der Waals surface area contributed by atoms with Crippen LogP contribution in [0, 0.1) is 0 Å². The smallest absolute Gasteiger partial charge is 0.327 e. The highest BCUT2D eigenvalue weighted by Gasteiger charge is 2.18. The van der Waals surface area contributed by atoms with Gasteiger partial charge in [-0.25, -0.2) is 4.79 Å². The van der Waals surface area contributed by atoms with Crippen LogP contribution in [0.1, 0.15) is 32.1 Å². The molecule has 0 aromatic carbocycles. The molecule has 1 rings (SSSR count). The second-order valence-electron chi connectivity index (χ2n) is 4.22. The molecule has 7 heteroatoms. The van der Waals surface area contributed by atoms with Crippen molar-refractivity contribution in [3.05, 3.63) is 0 Å². The van der Waals surface area contributed by atoms with E-state index >= 15 is 0 Å². The minimum atomic E-state index is -1.03. The summed E-state index contributed by atoms with van der Waals surface area (Å²) in [5, 5.41) is 12.0. The summed E-state index contributed by atoms with van der Waals surface area (Å²) < 4.78 is 0. The molecule has 1 heterocycles. The summed E-state index contributed by atoms with van der Waals surface area (Å²) >= 11 is 3.90. The number of carbonyl (C=O) groups is 2. The number of carboxylic acids is 1. The van der Waals surface area contributed by atoms with E-state index in [1.165, 1.54) is 12.2 Å². The first-order valence-electron chi connectivity index (χ1n) is 6.04. The van der Waals surface area contributed by atoms with Crippen molar-refractivity contribution in [3.8, 4) is 0 Å². The Morgan fingerprint density at radius 2 is 2.22 bits per heavy atom. The Labute approximate surface area is 121 Å². The van der Waals surface area contributed by atoms with Crippen LogP contribution in [-0.2, 0) is 9.59 Å². The van der Waals surface area contributed by atoms with Gasteiger partial charge in [-0.15, -0.1) is 0 Å². The van der Waals surface area contributed by atoms with Crippen molar-refractivity contribution in [2.75, 3.05) is 11.5 Å². The van der Waals surface area contributed by atoms with E-state index in [-0.39, 0.29) is 11.7 Å². The van der Waals surface area contributed by atoms with E-state index in [4.69, 9.17) is 5.11 Å². The van der Waals surface area contributed by atoms with Gasteiger partial charge in [0, 0.05) is 23.2 Å². The summed E-state index contributed by atoms with van der Waals surface area (Å²) in [6.45, 7) is 0. The van der Waals surface area contributed by atoms with Crippen molar-refractivity contribution in [1.82, 2.24) is 5.32 Å². The molecule has 0 aromatic heterocycles. The fourth-order valence-corrected chi connectivity index (χ4v) is 4.95. The topological polar surface area (TPSA) is 66.4 Å². The summed E-state index contributed by atoms with van der Waals surface area (Å²) in [7, 11) is 3.87. The molecule has 1 unspecified atom stereocenters. The van der Waals surface area contributed by atoms with Crippen LogP contribution in [0.4, 0.5) is 0 Å². The zero-order chi connectivity index (χ0) is 13.4. The Balaban J connectivity index is 2.07.